The number of fused-ring (bicyclic) bond motifs is 1. The molecule has 0 bridgehead atoms. The third-order valence-electron chi connectivity index (χ3n) is 3.87. The van der Waals surface area contributed by atoms with Crippen LogP contribution in [0, 0.1) is 0 Å². The summed E-state index contributed by atoms with van der Waals surface area (Å²) in [4.78, 5) is 6.85. The Labute approximate surface area is 119 Å². The number of anilines is 1. The maximum atomic E-state index is 4.64. The summed E-state index contributed by atoms with van der Waals surface area (Å²) < 4.78 is 0. The van der Waals surface area contributed by atoms with Crippen molar-refractivity contribution >= 4 is 17.0 Å². The first-order valence-electron chi connectivity index (χ1n) is 7.44. The Kier molecular flexibility index (Phi) is 4.06. The second kappa shape index (κ2) is 6.13. The predicted molar refractivity (Wildman–Crippen MR) is 80.9 cm³/mol. The molecule has 2 aromatic rings. The lowest BCUT2D eigenvalue weighted by Crippen LogP contribution is -2.44. The third kappa shape index (κ3) is 2.88. The number of nitrogens with zero attached hydrogens (tertiary/aromatic N) is 4. The molecule has 2 heterocycles. The van der Waals surface area contributed by atoms with Gasteiger partial charge in [-0.3, -0.25) is 0 Å². The quantitative estimate of drug-likeness (QED) is 0.921. The van der Waals surface area contributed by atoms with Crippen molar-refractivity contribution in [2.24, 2.45) is 0 Å². The van der Waals surface area contributed by atoms with Crippen molar-refractivity contribution < 1.29 is 0 Å². The van der Waals surface area contributed by atoms with Crippen LogP contribution in [-0.4, -0.2) is 40.9 Å². The topological polar surface area (TPSA) is 53.9 Å². The lowest BCUT2D eigenvalue weighted by Gasteiger charge is -2.29. The van der Waals surface area contributed by atoms with E-state index in [-0.39, 0.29) is 0 Å². The van der Waals surface area contributed by atoms with Gasteiger partial charge in [-0.2, -0.15) is 0 Å². The van der Waals surface area contributed by atoms with Crippen LogP contribution in [0.2, 0.25) is 0 Å². The number of para-hydroxylation sites is 1. The molecule has 1 fully saturated rings. The first-order chi connectivity index (χ1) is 9.86. The molecular weight excluding hydrogens is 250 g/mol. The van der Waals surface area contributed by atoms with E-state index in [9.17, 15) is 0 Å². The summed E-state index contributed by atoms with van der Waals surface area (Å²) in [6, 6.07) is 8.42. The normalized spacial score (nSPS) is 19.1. The molecule has 0 amide bonds. The lowest BCUT2D eigenvalue weighted by molar-refractivity contribution is 0.399. The second-order valence-corrected chi connectivity index (χ2v) is 5.29. The second-order valence-electron chi connectivity index (χ2n) is 5.29. The van der Waals surface area contributed by atoms with E-state index in [1.165, 1.54) is 19.3 Å². The lowest BCUT2D eigenvalue weighted by atomic mass is 10.0. The van der Waals surface area contributed by atoms with Crippen LogP contribution in [0.5, 0.6) is 0 Å². The van der Waals surface area contributed by atoms with Crippen molar-refractivity contribution in [2.45, 2.75) is 32.2 Å². The molecule has 1 aliphatic rings. The third-order valence-corrected chi connectivity index (χ3v) is 3.87. The average molecular weight is 271 g/mol. The van der Waals surface area contributed by atoms with E-state index in [0.717, 1.165) is 36.6 Å². The van der Waals surface area contributed by atoms with Gasteiger partial charge in [-0.15, -0.1) is 10.2 Å². The minimum absolute atomic E-state index is 0.541. The van der Waals surface area contributed by atoms with E-state index >= 15 is 0 Å². The van der Waals surface area contributed by atoms with Gasteiger partial charge in [-0.25, -0.2) is 4.98 Å². The van der Waals surface area contributed by atoms with E-state index in [2.05, 4.69) is 32.3 Å². The smallest absolute Gasteiger partial charge is 0.245 e. The zero-order chi connectivity index (χ0) is 13.8. The molecule has 5 heteroatoms. The Morgan fingerprint density at radius 1 is 1.20 bits per heavy atom. The molecular formula is C15H21N5. The van der Waals surface area contributed by atoms with E-state index in [1.807, 2.05) is 24.3 Å². The average Bonchev–Trinajstić information content (AvgIpc) is 2.53. The minimum Gasteiger partial charge on any atom is -0.338 e. The van der Waals surface area contributed by atoms with Crippen molar-refractivity contribution in [1.82, 2.24) is 20.5 Å². The van der Waals surface area contributed by atoms with Crippen LogP contribution in [0.25, 0.3) is 11.0 Å². The van der Waals surface area contributed by atoms with Gasteiger partial charge in [0.25, 0.3) is 0 Å². The molecule has 106 valence electrons. The SMILES string of the molecule is CCN(CC1CCCCN1)c1nnc2ccccc2n1. The van der Waals surface area contributed by atoms with Crippen molar-refractivity contribution in [2.75, 3.05) is 24.5 Å². The summed E-state index contributed by atoms with van der Waals surface area (Å²) in [5.41, 5.74) is 1.76. The van der Waals surface area contributed by atoms with Gasteiger partial charge >= 0.3 is 0 Å². The highest BCUT2D eigenvalue weighted by Crippen LogP contribution is 2.15. The van der Waals surface area contributed by atoms with Crippen LogP contribution in [0.4, 0.5) is 5.95 Å². The zero-order valence-electron chi connectivity index (χ0n) is 11.9. The number of likely N-dealkylation sites (N-methyl/N-ethyl adjacent to an activating group) is 1. The van der Waals surface area contributed by atoms with Gasteiger partial charge in [0.05, 0.1) is 5.52 Å². The molecule has 1 aliphatic heterocycles. The molecule has 0 saturated carbocycles. The molecule has 5 nitrogen and oxygen atoms in total. The van der Waals surface area contributed by atoms with Gasteiger partial charge in [0, 0.05) is 19.1 Å². The van der Waals surface area contributed by atoms with Gasteiger partial charge in [-0.1, -0.05) is 18.6 Å². The van der Waals surface area contributed by atoms with Gasteiger partial charge in [0.15, 0.2) is 0 Å². The fourth-order valence-electron chi connectivity index (χ4n) is 2.70. The van der Waals surface area contributed by atoms with E-state index in [0.29, 0.717) is 6.04 Å². The van der Waals surface area contributed by atoms with Crippen molar-refractivity contribution in [1.29, 1.82) is 0 Å². The molecule has 20 heavy (non-hydrogen) atoms. The Morgan fingerprint density at radius 3 is 2.80 bits per heavy atom. The Balaban J connectivity index is 1.79. The van der Waals surface area contributed by atoms with E-state index in [4.69, 9.17) is 0 Å². The van der Waals surface area contributed by atoms with E-state index < -0.39 is 0 Å². The van der Waals surface area contributed by atoms with Crippen LogP contribution < -0.4 is 10.2 Å². The van der Waals surface area contributed by atoms with Crippen LogP contribution in [0.1, 0.15) is 26.2 Å². The molecule has 1 atom stereocenters. The number of rotatable bonds is 4. The molecule has 1 saturated heterocycles. The molecule has 3 rings (SSSR count). The number of hydrogen-bond donors (Lipinski definition) is 1. The predicted octanol–water partition coefficient (Wildman–Crippen LogP) is 1.99. The number of nitrogens with one attached hydrogen (secondary N) is 1. The molecule has 0 spiro atoms. The highest BCUT2D eigenvalue weighted by molar-refractivity contribution is 5.74. The number of piperidine rings is 1. The Hall–Kier alpha value is -1.75. The monoisotopic (exact) mass is 271 g/mol. The standard InChI is InChI=1S/C15H21N5/c1-2-20(11-12-7-5-6-10-16-12)15-17-13-8-3-4-9-14(13)18-19-15/h3-4,8-9,12,16H,2,5-7,10-11H2,1H3. The van der Waals surface area contributed by atoms with E-state index in [1.54, 1.807) is 0 Å². The maximum absolute atomic E-state index is 4.64. The van der Waals surface area contributed by atoms with Crippen molar-refractivity contribution in [3.8, 4) is 0 Å². The summed E-state index contributed by atoms with van der Waals surface area (Å²) >= 11 is 0. The zero-order valence-corrected chi connectivity index (χ0v) is 11.9. The van der Waals surface area contributed by atoms with Crippen LogP contribution in [0.15, 0.2) is 24.3 Å². The molecule has 1 aromatic carbocycles. The first kappa shape index (κ1) is 13.2. The van der Waals surface area contributed by atoms with Gasteiger partial charge < -0.3 is 10.2 Å². The van der Waals surface area contributed by atoms with Crippen molar-refractivity contribution in [3.63, 3.8) is 0 Å². The maximum Gasteiger partial charge on any atom is 0.245 e. The number of aromatic nitrogens is 3. The highest BCUT2D eigenvalue weighted by Gasteiger charge is 2.18. The summed E-state index contributed by atoms with van der Waals surface area (Å²) in [6.45, 7) is 5.12. The molecule has 0 radical (unpaired) electrons. The number of benzene rings is 1. The van der Waals surface area contributed by atoms with Crippen LogP contribution in [0.3, 0.4) is 0 Å². The molecule has 1 unspecified atom stereocenters. The first-order valence-corrected chi connectivity index (χ1v) is 7.44. The van der Waals surface area contributed by atoms with Crippen LogP contribution in [-0.2, 0) is 0 Å². The summed E-state index contributed by atoms with van der Waals surface area (Å²) in [7, 11) is 0. The largest absolute Gasteiger partial charge is 0.338 e. The molecule has 1 aromatic heterocycles. The van der Waals surface area contributed by atoms with Gasteiger partial charge in [0.1, 0.15) is 5.52 Å². The van der Waals surface area contributed by atoms with Crippen LogP contribution >= 0.6 is 0 Å². The summed E-state index contributed by atoms with van der Waals surface area (Å²) in [5, 5.41) is 12.1. The minimum atomic E-state index is 0.541. The van der Waals surface area contributed by atoms with Gasteiger partial charge in [-0.05, 0) is 38.4 Å². The fourth-order valence-corrected chi connectivity index (χ4v) is 2.70. The summed E-state index contributed by atoms with van der Waals surface area (Å²) in [6.07, 6.45) is 3.83. The summed E-state index contributed by atoms with van der Waals surface area (Å²) in [5.74, 6) is 0.735. The highest BCUT2D eigenvalue weighted by atomic mass is 15.3. The fraction of sp³-hybridized carbons (Fsp3) is 0.533. The Bertz CT molecular complexity index is 565. The number of hydrogen-bond acceptors (Lipinski definition) is 5. The molecule has 0 aliphatic carbocycles. The Morgan fingerprint density at radius 2 is 2.05 bits per heavy atom. The van der Waals surface area contributed by atoms with Crippen molar-refractivity contribution in [3.05, 3.63) is 24.3 Å². The molecule has 1 N–H and O–H groups in total. The van der Waals surface area contributed by atoms with Gasteiger partial charge in [0.2, 0.25) is 5.95 Å².